The van der Waals surface area contributed by atoms with Gasteiger partial charge in [-0.15, -0.1) is 0 Å². The zero-order valence-electron chi connectivity index (χ0n) is 13.5. The van der Waals surface area contributed by atoms with Crippen molar-refractivity contribution < 1.29 is 14.6 Å². The molecule has 0 spiro atoms. The second kappa shape index (κ2) is 9.90. The minimum Gasteiger partial charge on any atom is -0.394 e. The van der Waals surface area contributed by atoms with Crippen molar-refractivity contribution in [2.45, 2.75) is 38.8 Å². The Morgan fingerprint density at radius 3 is 2.33 bits per heavy atom. The van der Waals surface area contributed by atoms with Crippen LogP contribution in [-0.2, 0) is 15.0 Å². The molecule has 0 aliphatic heterocycles. The van der Waals surface area contributed by atoms with E-state index in [-0.39, 0.29) is 12.6 Å². The molecule has 0 aliphatic rings. The minimum atomic E-state index is -0.457. The number of aliphatic hydroxyl groups is 1. The van der Waals surface area contributed by atoms with Crippen molar-refractivity contribution >= 4 is 0 Å². The van der Waals surface area contributed by atoms with Crippen LogP contribution in [0.25, 0.3) is 0 Å². The standard InChI is InChI=1S/C17H29NO3/c1-4-20-12-13-21-11-10-17(14-19,18-15(2)3)16-8-6-5-7-9-16/h5-9,15,18-19H,4,10-14H2,1-3H3. The van der Waals surface area contributed by atoms with Crippen molar-refractivity contribution in [1.29, 1.82) is 0 Å². The SMILES string of the molecule is CCOCCOCCC(CO)(NC(C)C)c1ccccc1. The van der Waals surface area contributed by atoms with Gasteiger partial charge in [0, 0.05) is 19.3 Å². The molecule has 1 unspecified atom stereocenters. The molecule has 0 heterocycles. The number of benzene rings is 1. The molecule has 0 bridgehead atoms. The fourth-order valence-electron chi connectivity index (χ4n) is 2.44. The quantitative estimate of drug-likeness (QED) is 0.615. The van der Waals surface area contributed by atoms with Crippen LogP contribution in [0, 0.1) is 0 Å². The summed E-state index contributed by atoms with van der Waals surface area (Å²) in [6.45, 7) is 8.69. The predicted molar refractivity (Wildman–Crippen MR) is 85.4 cm³/mol. The monoisotopic (exact) mass is 295 g/mol. The van der Waals surface area contributed by atoms with E-state index in [1.165, 1.54) is 0 Å². The Morgan fingerprint density at radius 1 is 1.10 bits per heavy atom. The number of ether oxygens (including phenoxy) is 2. The van der Waals surface area contributed by atoms with Crippen molar-refractivity contribution in [3.63, 3.8) is 0 Å². The molecule has 0 saturated carbocycles. The van der Waals surface area contributed by atoms with Gasteiger partial charge in [0.15, 0.2) is 0 Å². The van der Waals surface area contributed by atoms with Crippen LogP contribution in [0.1, 0.15) is 32.8 Å². The summed E-state index contributed by atoms with van der Waals surface area (Å²) in [5.41, 5.74) is 0.635. The summed E-state index contributed by atoms with van der Waals surface area (Å²) in [6, 6.07) is 10.4. The molecular weight excluding hydrogens is 266 g/mol. The van der Waals surface area contributed by atoms with Gasteiger partial charge < -0.3 is 19.9 Å². The first-order valence-corrected chi connectivity index (χ1v) is 7.74. The lowest BCUT2D eigenvalue weighted by Crippen LogP contribution is -2.49. The highest BCUT2D eigenvalue weighted by atomic mass is 16.5. The predicted octanol–water partition coefficient (Wildman–Crippen LogP) is 2.32. The van der Waals surface area contributed by atoms with Crippen LogP contribution >= 0.6 is 0 Å². The van der Waals surface area contributed by atoms with Gasteiger partial charge in [0.05, 0.1) is 25.4 Å². The molecule has 21 heavy (non-hydrogen) atoms. The molecule has 4 heteroatoms. The second-order valence-electron chi connectivity index (χ2n) is 5.46. The fourth-order valence-corrected chi connectivity index (χ4v) is 2.44. The number of hydrogen-bond acceptors (Lipinski definition) is 4. The van der Waals surface area contributed by atoms with E-state index in [2.05, 4.69) is 19.2 Å². The molecule has 0 saturated heterocycles. The van der Waals surface area contributed by atoms with E-state index >= 15 is 0 Å². The van der Waals surface area contributed by atoms with Crippen molar-refractivity contribution in [2.75, 3.05) is 33.0 Å². The van der Waals surface area contributed by atoms with Gasteiger partial charge in [-0.1, -0.05) is 30.3 Å². The number of nitrogens with one attached hydrogen (secondary N) is 1. The van der Waals surface area contributed by atoms with E-state index in [1.54, 1.807) is 0 Å². The fraction of sp³-hybridized carbons (Fsp3) is 0.647. The van der Waals surface area contributed by atoms with Gasteiger partial charge in [-0.3, -0.25) is 0 Å². The van der Waals surface area contributed by atoms with Crippen LogP contribution in [0.15, 0.2) is 30.3 Å². The third-order valence-corrected chi connectivity index (χ3v) is 3.41. The van der Waals surface area contributed by atoms with Crippen LogP contribution < -0.4 is 5.32 Å². The first-order valence-electron chi connectivity index (χ1n) is 7.74. The maximum Gasteiger partial charge on any atom is 0.0700 e. The molecule has 0 fully saturated rings. The maximum absolute atomic E-state index is 9.98. The number of aliphatic hydroxyl groups excluding tert-OH is 1. The topological polar surface area (TPSA) is 50.7 Å². The van der Waals surface area contributed by atoms with Gasteiger partial charge >= 0.3 is 0 Å². The minimum absolute atomic E-state index is 0.0456. The second-order valence-corrected chi connectivity index (χ2v) is 5.46. The third kappa shape index (κ3) is 6.14. The molecular formula is C17H29NO3. The van der Waals surface area contributed by atoms with Crippen molar-refractivity contribution in [3.05, 3.63) is 35.9 Å². The zero-order chi connectivity index (χ0) is 15.6. The Kier molecular flexibility index (Phi) is 8.54. The Hall–Kier alpha value is -0.940. The summed E-state index contributed by atoms with van der Waals surface area (Å²) in [5, 5.41) is 13.5. The highest BCUT2D eigenvalue weighted by Crippen LogP contribution is 2.25. The highest BCUT2D eigenvalue weighted by Gasteiger charge is 2.31. The number of rotatable bonds is 11. The van der Waals surface area contributed by atoms with Crippen molar-refractivity contribution in [2.24, 2.45) is 0 Å². The van der Waals surface area contributed by atoms with E-state index in [0.29, 0.717) is 26.4 Å². The van der Waals surface area contributed by atoms with Gasteiger partial charge in [-0.25, -0.2) is 0 Å². The first kappa shape index (κ1) is 18.1. The molecule has 0 radical (unpaired) electrons. The van der Waals surface area contributed by atoms with Gasteiger partial charge in [0.25, 0.3) is 0 Å². The first-order chi connectivity index (χ1) is 10.1. The molecule has 1 atom stereocenters. The van der Waals surface area contributed by atoms with Gasteiger partial charge in [0.2, 0.25) is 0 Å². The van der Waals surface area contributed by atoms with Crippen LogP contribution in [0.2, 0.25) is 0 Å². The summed E-state index contributed by atoms with van der Waals surface area (Å²) < 4.78 is 10.9. The van der Waals surface area contributed by atoms with E-state index in [4.69, 9.17) is 9.47 Å². The molecule has 1 aromatic carbocycles. The van der Waals surface area contributed by atoms with Crippen LogP contribution in [0.3, 0.4) is 0 Å². The summed E-state index contributed by atoms with van der Waals surface area (Å²) in [4.78, 5) is 0. The molecule has 1 aromatic rings. The van der Waals surface area contributed by atoms with Gasteiger partial charge in [-0.2, -0.15) is 0 Å². The third-order valence-electron chi connectivity index (χ3n) is 3.41. The molecule has 120 valence electrons. The summed E-state index contributed by atoms with van der Waals surface area (Å²) in [5.74, 6) is 0. The zero-order valence-corrected chi connectivity index (χ0v) is 13.5. The average molecular weight is 295 g/mol. The largest absolute Gasteiger partial charge is 0.394 e. The van der Waals surface area contributed by atoms with Crippen LogP contribution in [0.5, 0.6) is 0 Å². The van der Waals surface area contributed by atoms with E-state index < -0.39 is 5.54 Å². The number of hydrogen-bond donors (Lipinski definition) is 2. The van der Waals surface area contributed by atoms with E-state index in [1.807, 2.05) is 37.3 Å². The maximum atomic E-state index is 9.98. The van der Waals surface area contributed by atoms with Crippen LogP contribution in [0.4, 0.5) is 0 Å². The molecule has 1 rings (SSSR count). The van der Waals surface area contributed by atoms with Gasteiger partial charge in [0.1, 0.15) is 0 Å². The Morgan fingerprint density at radius 2 is 1.76 bits per heavy atom. The van der Waals surface area contributed by atoms with Crippen molar-refractivity contribution in [1.82, 2.24) is 5.32 Å². The van der Waals surface area contributed by atoms with E-state index in [0.717, 1.165) is 12.0 Å². The highest BCUT2D eigenvalue weighted by molar-refractivity contribution is 5.25. The molecule has 0 aliphatic carbocycles. The Bertz CT molecular complexity index is 370. The normalized spacial score (nSPS) is 14.3. The molecule has 2 N–H and O–H groups in total. The Labute approximate surface area is 128 Å². The summed E-state index contributed by atoms with van der Waals surface area (Å²) in [7, 11) is 0. The lowest BCUT2D eigenvalue weighted by Gasteiger charge is -2.35. The lowest BCUT2D eigenvalue weighted by atomic mass is 9.87. The Balaban J connectivity index is 2.64. The van der Waals surface area contributed by atoms with E-state index in [9.17, 15) is 5.11 Å². The van der Waals surface area contributed by atoms with Crippen LogP contribution in [-0.4, -0.2) is 44.2 Å². The summed E-state index contributed by atoms with van der Waals surface area (Å²) >= 11 is 0. The molecule has 4 nitrogen and oxygen atoms in total. The molecule has 0 aromatic heterocycles. The molecule has 0 amide bonds. The van der Waals surface area contributed by atoms with Crippen molar-refractivity contribution in [3.8, 4) is 0 Å². The lowest BCUT2D eigenvalue weighted by molar-refractivity contribution is 0.0333. The smallest absolute Gasteiger partial charge is 0.0700 e. The summed E-state index contributed by atoms with van der Waals surface area (Å²) in [6.07, 6.45) is 0.720. The average Bonchev–Trinajstić information content (AvgIpc) is 2.50. The van der Waals surface area contributed by atoms with Gasteiger partial charge in [-0.05, 0) is 32.8 Å².